The Hall–Kier alpha value is -0.650. The summed E-state index contributed by atoms with van der Waals surface area (Å²) in [6.07, 6.45) is 3.09. The molecular weight excluding hydrogens is 244 g/mol. The van der Waals surface area contributed by atoms with Crippen molar-refractivity contribution in [2.45, 2.75) is 44.8 Å². The fraction of sp³-hybridized carbons (Fsp3) is 0.929. The largest absolute Gasteiger partial charge is 0.383 e. The van der Waals surface area contributed by atoms with Crippen molar-refractivity contribution in [2.75, 3.05) is 32.8 Å². The third-order valence-electron chi connectivity index (χ3n) is 4.03. The highest BCUT2D eigenvalue weighted by Crippen LogP contribution is 2.23. The van der Waals surface area contributed by atoms with Gasteiger partial charge in [0.05, 0.1) is 6.61 Å². The number of nitrogens with zero attached hydrogens (tertiary/aromatic N) is 1. The Morgan fingerprint density at radius 1 is 1.37 bits per heavy atom. The van der Waals surface area contributed by atoms with Crippen molar-refractivity contribution in [1.82, 2.24) is 10.2 Å². The number of aliphatic hydroxyl groups is 1. The van der Waals surface area contributed by atoms with Gasteiger partial charge in [-0.05, 0) is 51.6 Å². The third kappa shape index (κ3) is 4.75. The Morgan fingerprint density at radius 2 is 2.05 bits per heavy atom. The third-order valence-corrected chi connectivity index (χ3v) is 4.03. The van der Waals surface area contributed by atoms with E-state index in [4.69, 9.17) is 4.74 Å². The molecule has 1 unspecified atom stereocenters. The zero-order chi connectivity index (χ0) is 13.7. The maximum atomic E-state index is 11.8. The van der Waals surface area contributed by atoms with Gasteiger partial charge in [0.25, 0.3) is 0 Å². The first-order valence-corrected chi connectivity index (χ1v) is 7.49. The van der Waals surface area contributed by atoms with E-state index in [9.17, 15) is 9.90 Å². The molecule has 1 saturated heterocycles. The van der Waals surface area contributed by atoms with Gasteiger partial charge in [0.1, 0.15) is 6.10 Å². The van der Waals surface area contributed by atoms with E-state index in [0.29, 0.717) is 6.04 Å². The molecule has 1 heterocycles. The summed E-state index contributed by atoms with van der Waals surface area (Å²) in [5, 5.41) is 12.9. The number of likely N-dealkylation sites (tertiary alicyclic amines) is 1. The molecule has 1 aliphatic heterocycles. The van der Waals surface area contributed by atoms with E-state index < -0.39 is 6.10 Å². The zero-order valence-corrected chi connectivity index (χ0v) is 11.8. The Bertz CT molecular complexity index is 286. The number of carbonyl (C=O) groups is 1. The van der Waals surface area contributed by atoms with E-state index in [2.05, 4.69) is 10.2 Å². The first-order valence-electron chi connectivity index (χ1n) is 7.49. The molecule has 5 nitrogen and oxygen atoms in total. The molecule has 19 heavy (non-hydrogen) atoms. The molecule has 1 atom stereocenters. The molecule has 0 aromatic rings. The number of nitrogens with one attached hydrogen (secondary N) is 1. The molecule has 1 saturated carbocycles. The van der Waals surface area contributed by atoms with Crippen LogP contribution in [0.25, 0.3) is 0 Å². The van der Waals surface area contributed by atoms with Crippen LogP contribution >= 0.6 is 0 Å². The van der Waals surface area contributed by atoms with Crippen molar-refractivity contribution in [3.05, 3.63) is 0 Å². The molecule has 0 bridgehead atoms. The lowest BCUT2D eigenvalue weighted by Crippen LogP contribution is -2.45. The predicted molar refractivity (Wildman–Crippen MR) is 72.8 cm³/mol. The fourth-order valence-corrected chi connectivity index (χ4v) is 2.56. The number of rotatable bonds is 7. The van der Waals surface area contributed by atoms with Crippen LogP contribution < -0.4 is 5.32 Å². The van der Waals surface area contributed by atoms with Gasteiger partial charge in [-0.25, -0.2) is 0 Å². The Kier molecular flexibility index (Phi) is 5.60. The van der Waals surface area contributed by atoms with Gasteiger partial charge in [0, 0.05) is 19.2 Å². The summed E-state index contributed by atoms with van der Waals surface area (Å²) in [6, 6.07) is 0.327. The summed E-state index contributed by atoms with van der Waals surface area (Å²) in [5.41, 5.74) is 0. The van der Waals surface area contributed by atoms with Gasteiger partial charge in [-0.15, -0.1) is 0 Å². The number of carbonyl (C=O) groups excluding carboxylic acids is 1. The normalized spacial score (nSPS) is 23.3. The van der Waals surface area contributed by atoms with E-state index >= 15 is 0 Å². The van der Waals surface area contributed by atoms with Crippen LogP contribution in [0.4, 0.5) is 0 Å². The molecule has 1 amide bonds. The van der Waals surface area contributed by atoms with Crippen molar-refractivity contribution in [3.8, 4) is 0 Å². The maximum absolute atomic E-state index is 11.8. The van der Waals surface area contributed by atoms with Gasteiger partial charge in [-0.3, -0.25) is 4.79 Å². The van der Waals surface area contributed by atoms with Crippen LogP contribution in [-0.2, 0) is 9.53 Å². The predicted octanol–water partition coefficient (Wildman–Crippen LogP) is 0.374. The summed E-state index contributed by atoms with van der Waals surface area (Å²) < 4.78 is 5.34. The second-order valence-electron chi connectivity index (χ2n) is 5.60. The maximum Gasteiger partial charge on any atom is 0.249 e. The summed E-state index contributed by atoms with van der Waals surface area (Å²) in [5.74, 6) is -0.0580. The quantitative estimate of drug-likeness (QED) is 0.656. The molecule has 2 aliphatic rings. The smallest absolute Gasteiger partial charge is 0.249 e. The first-order chi connectivity index (χ1) is 9.20. The summed E-state index contributed by atoms with van der Waals surface area (Å²) in [7, 11) is 0. The van der Waals surface area contributed by atoms with Crippen LogP contribution in [0, 0.1) is 5.92 Å². The SMILES string of the molecule is CCOCCN1CCC(C(O)C(=O)NC2CC2)CC1. The molecule has 1 aliphatic carbocycles. The zero-order valence-electron chi connectivity index (χ0n) is 11.8. The minimum absolute atomic E-state index is 0.113. The Labute approximate surface area is 115 Å². The first kappa shape index (κ1) is 14.8. The van der Waals surface area contributed by atoms with Gasteiger partial charge < -0.3 is 20.1 Å². The van der Waals surface area contributed by atoms with Crippen LogP contribution in [0.1, 0.15) is 32.6 Å². The minimum Gasteiger partial charge on any atom is -0.383 e. The highest BCUT2D eigenvalue weighted by molar-refractivity contribution is 5.81. The van der Waals surface area contributed by atoms with Gasteiger partial charge in [0.2, 0.25) is 5.91 Å². The Morgan fingerprint density at radius 3 is 2.63 bits per heavy atom. The second-order valence-corrected chi connectivity index (χ2v) is 5.60. The van der Waals surface area contributed by atoms with Crippen molar-refractivity contribution in [1.29, 1.82) is 0 Å². The summed E-state index contributed by atoms with van der Waals surface area (Å²) >= 11 is 0. The molecule has 2 N–H and O–H groups in total. The summed E-state index contributed by atoms with van der Waals surface area (Å²) in [4.78, 5) is 14.1. The molecule has 2 fully saturated rings. The van der Waals surface area contributed by atoms with Crippen molar-refractivity contribution < 1.29 is 14.6 Å². The standard InChI is InChI=1S/C14H26N2O3/c1-2-19-10-9-16-7-5-11(6-8-16)13(17)14(18)15-12-3-4-12/h11-13,17H,2-10H2,1H3,(H,15,18). The molecule has 0 aromatic carbocycles. The lowest BCUT2D eigenvalue weighted by Gasteiger charge is -2.33. The molecule has 2 rings (SSSR count). The minimum atomic E-state index is -0.824. The van der Waals surface area contributed by atoms with Crippen molar-refractivity contribution in [3.63, 3.8) is 0 Å². The molecule has 110 valence electrons. The van der Waals surface area contributed by atoms with Crippen LogP contribution in [0.2, 0.25) is 0 Å². The lowest BCUT2D eigenvalue weighted by atomic mass is 9.90. The fourth-order valence-electron chi connectivity index (χ4n) is 2.56. The van der Waals surface area contributed by atoms with Crippen molar-refractivity contribution >= 4 is 5.91 Å². The van der Waals surface area contributed by atoms with Crippen LogP contribution in [0.15, 0.2) is 0 Å². The molecule has 5 heteroatoms. The van der Waals surface area contributed by atoms with Crippen LogP contribution in [-0.4, -0.2) is 60.9 Å². The average Bonchev–Trinajstić information content (AvgIpc) is 3.23. The van der Waals surface area contributed by atoms with Gasteiger partial charge >= 0.3 is 0 Å². The number of amides is 1. The highest BCUT2D eigenvalue weighted by atomic mass is 16.5. The molecule has 0 radical (unpaired) electrons. The van der Waals surface area contributed by atoms with Gasteiger partial charge in [0.15, 0.2) is 0 Å². The molecule has 0 spiro atoms. The van der Waals surface area contributed by atoms with Crippen LogP contribution in [0.3, 0.4) is 0 Å². The van der Waals surface area contributed by atoms with E-state index in [1.54, 1.807) is 0 Å². The van der Waals surface area contributed by atoms with E-state index in [1.165, 1.54) is 0 Å². The molecular formula is C14H26N2O3. The average molecular weight is 270 g/mol. The van der Waals surface area contributed by atoms with Crippen LogP contribution in [0.5, 0.6) is 0 Å². The number of piperidine rings is 1. The number of hydrogen-bond donors (Lipinski definition) is 2. The van der Waals surface area contributed by atoms with E-state index in [1.807, 2.05) is 6.92 Å². The van der Waals surface area contributed by atoms with Gasteiger partial charge in [-0.2, -0.15) is 0 Å². The molecule has 0 aromatic heterocycles. The second kappa shape index (κ2) is 7.22. The monoisotopic (exact) mass is 270 g/mol. The van der Waals surface area contributed by atoms with Gasteiger partial charge in [-0.1, -0.05) is 0 Å². The van der Waals surface area contributed by atoms with E-state index in [0.717, 1.165) is 58.5 Å². The van der Waals surface area contributed by atoms with E-state index in [-0.39, 0.29) is 11.8 Å². The highest BCUT2D eigenvalue weighted by Gasteiger charge is 2.32. The number of aliphatic hydroxyl groups excluding tert-OH is 1. The topological polar surface area (TPSA) is 61.8 Å². The number of hydrogen-bond acceptors (Lipinski definition) is 4. The lowest BCUT2D eigenvalue weighted by molar-refractivity contribution is -0.133. The van der Waals surface area contributed by atoms with Crippen molar-refractivity contribution in [2.24, 2.45) is 5.92 Å². The number of ether oxygens (including phenoxy) is 1. The summed E-state index contributed by atoms with van der Waals surface area (Å²) in [6.45, 7) is 6.38. The Balaban J connectivity index is 1.65.